The van der Waals surface area contributed by atoms with Gasteiger partial charge in [0.25, 0.3) is 12.3 Å². The van der Waals surface area contributed by atoms with E-state index in [0.717, 1.165) is 12.8 Å². The Balaban J connectivity index is 1.66. The first-order valence-electron chi connectivity index (χ1n) is 10.7. The molecule has 2 amide bonds. The zero-order valence-electron chi connectivity index (χ0n) is 18.9. The standard InChI is InChI=1S/C21H23F2N9O3/c1-32-10-24-19(31-32)12-4-3-5-13(18(12)35-2)26-14-8-16(27-20(33)11-6-7-11)28-29-17(14)21(34)30-25-9-15(22)23/h3-5,8,10-11,15,25H,6-7,9H2,1-2H3,(H,30,34)(H2,26,27,28,33). The van der Waals surface area contributed by atoms with E-state index >= 15 is 0 Å². The van der Waals surface area contributed by atoms with Crippen LogP contribution in [0.5, 0.6) is 5.75 Å². The predicted molar refractivity (Wildman–Crippen MR) is 121 cm³/mol. The summed E-state index contributed by atoms with van der Waals surface area (Å²) in [5.41, 5.74) is 5.30. The number of nitrogens with zero attached hydrogens (tertiary/aromatic N) is 5. The van der Waals surface area contributed by atoms with E-state index in [1.54, 1.807) is 36.3 Å². The molecule has 1 saturated carbocycles. The van der Waals surface area contributed by atoms with Crippen molar-refractivity contribution >= 4 is 29.0 Å². The fourth-order valence-corrected chi connectivity index (χ4v) is 3.20. The predicted octanol–water partition coefficient (Wildman–Crippen LogP) is 1.87. The molecule has 4 rings (SSSR count). The van der Waals surface area contributed by atoms with E-state index in [4.69, 9.17) is 4.74 Å². The van der Waals surface area contributed by atoms with Gasteiger partial charge in [-0.15, -0.1) is 10.2 Å². The zero-order valence-corrected chi connectivity index (χ0v) is 18.9. The summed E-state index contributed by atoms with van der Waals surface area (Å²) in [6.07, 6.45) is 0.482. The summed E-state index contributed by atoms with van der Waals surface area (Å²) < 4.78 is 32.0. The zero-order chi connectivity index (χ0) is 24.9. The molecule has 35 heavy (non-hydrogen) atoms. The van der Waals surface area contributed by atoms with Crippen LogP contribution in [0.25, 0.3) is 11.4 Å². The van der Waals surface area contributed by atoms with Gasteiger partial charge in [0, 0.05) is 19.0 Å². The van der Waals surface area contributed by atoms with Crippen molar-refractivity contribution in [2.24, 2.45) is 13.0 Å². The smallest absolute Gasteiger partial charge is 0.288 e. The van der Waals surface area contributed by atoms with Crippen LogP contribution in [0.1, 0.15) is 23.3 Å². The molecule has 2 aromatic heterocycles. The average Bonchev–Trinajstić information content (AvgIpc) is 3.59. The van der Waals surface area contributed by atoms with E-state index in [1.807, 2.05) is 0 Å². The van der Waals surface area contributed by atoms with E-state index in [-0.39, 0.29) is 29.0 Å². The topological polar surface area (TPSA) is 148 Å². The molecule has 3 aromatic rings. The van der Waals surface area contributed by atoms with E-state index in [0.29, 0.717) is 22.8 Å². The Morgan fingerprint density at radius 3 is 2.69 bits per heavy atom. The number of anilines is 3. The molecule has 184 valence electrons. The quantitative estimate of drug-likeness (QED) is 0.315. The number of benzene rings is 1. The molecule has 12 nitrogen and oxygen atoms in total. The molecule has 1 aliphatic carbocycles. The second kappa shape index (κ2) is 10.4. The third-order valence-electron chi connectivity index (χ3n) is 5.00. The van der Waals surface area contributed by atoms with Gasteiger partial charge in [-0.3, -0.25) is 19.7 Å². The molecule has 0 bridgehead atoms. The Morgan fingerprint density at radius 1 is 1.23 bits per heavy atom. The summed E-state index contributed by atoms with van der Waals surface area (Å²) in [4.78, 5) is 29.1. The van der Waals surface area contributed by atoms with Crippen LogP contribution in [0.3, 0.4) is 0 Å². The lowest BCUT2D eigenvalue weighted by atomic mass is 10.1. The summed E-state index contributed by atoms with van der Waals surface area (Å²) in [7, 11) is 3.21. The summed E-state index contributed by atoms with van der Waals surface area (Å²) in [6.45, 7) is -0.746. The van der Waals surface area contributed by atoms with E-state index in [2.05, 4.69) is 41.8 Å². The Morgan fingerprint density at radius 2 is 2.03 bits per heavy atom. The third-order valence-corrected chi connectivity index (χ3v) is 5.00. The minimum Gasteiger partial charge on any atom is -0.494 e. The van der Waals surface area contributed by atoms with Gasteiger partial charge < -0.3 is 15.4 Å². The van der Waals surface area contributed by atoms with E-state index in [9.17, 15) is 18.4 Å². The van der Waals surface area contributed by atoms with Crippen LogP contribution in [0, 0.1) is 5.92 Å². The van der Waals surface area contributed by atoms with Gasteiger partial charge in [-0.1, -0.05) is 6.07 Å². The number of halogens is 2. The number of rotatable bonds is 10. The van der Waals surface area contributed by atoms with Gasteiger partial charge in [0.2, 0.25) is 5.91 Å². The largest absolute Gasteiger partial charge is 0.494 e. The number of alkyl halides is 2. The lowest BCUT2D eigenvalue weighted by Crippen LogP contribution is -2.40. The summed E-state index contributed by atoms with van der Waals surface area (Å²) in [6, 6.07) is 6.64. The Kier molecular flexibility index (Phi) is 7.10. The summed E-state index contributed by atoms with van der Waals surface area (Å²) >= 11 is 0. The van der Waals surface area contributed by atoms with Crippen LogP contribution in [-0.4, -0.2) is 56.9 Å². The molecule has 1 aliphatic rings. The molecule has 2 heterocycles. The van der Waals surface area contributed by atoms with Gasteiger partial charge in [0.05, 0.1) is 30.6 Å². The number of amides is 2. The number of hydrazine groups is 1. The first-order chi connectivity index (χ1) is 16.9. The van der Waals surface area contributed by atoms with Gasteiger partial charge in [-0.05, 0) is 25.0 Å². The first kappa shape index (κ1) is 23.9. The maximum Gasteiger partial charge on any atom is 0.288 e. The summed E-state index contributed by atoms with van der Waals surface area (Å²) in [5.74, 6) is -0.127. The normalized spacial score (nSPS) is 12.9. The fourth-order valence-electron chi connectivity index (χ4n) is 3.20. The molecular weight excluding hydrogens is 464 g/mol. The third kappa shape index (κ3) is 5.84. The maximum atomic E-state index is 12.6. The minimum absolute atomic E-state index is 0.0719. The van der Waals surface area contributed by atoms with Crippen LogP contribution < -0.4 is 26.2 Å². The Bertz CT molecular complexity index is 1230. The van der Waals surface area contributed by atoms with Crippen molar-refractivity contribution in [1.29, 1.82) is 0 Å². The molecule has 0 aliphatic heterocycles. The van der Waals surface area contributed by atoms with Crippen molar-refractivity contribution in [1.82, 2.24) is 35.8 Å². The van der Waals surface area contributed by atoms with Gasteiger partial charge in [-0.2, -0.15) is 5.10 Å². The number of ether oxygens (including phenoxy) is 1. The molecule has 0 unspecified atom stereocenters. The first-order valence-corrected chi connectivity index (χ1v) is 10.7. The number of carbonyl (C=O) groups excluding carboxylic acids is 2. The Hall–Kier alpha value is -4.20. The van der Waals surface area contributed by atoms with Crippen molar-refractivity contribution in [3.63, 3.8) is 0 Å². The highest BCUT2D eigenvalue weighted by Crippen LogP contribution is 2.37. The van der Waals surface area contributed by atoms with Crippen molar-refractivity contribution in [2.75, 3.05) is 24.3 Å². The van der Waals surface area contributed by atoms with Gasteiger partial charge >= 0.3 is 0 Å². The molecule has 0 spiro atoms. The van der Waals surface area contributed by atoms with Gasteiger partial charge in [0.1, 0.15) is 6.33 Å². The lowest BCUT2D eigenvalue weighted by molar-refractivity contribution is -0.117. The van der Waals surface area contributed by atoms with Crippen LogP contribution in [0.4, 0.5) is 26.0 Å². The highest BCUT2D eigenvalue weighted by molar-refractivity contribution is 6.00. The monoisotopic (exact) mass is 487 g/mol. The Labute approximate surface area is 198 Å². The number of aryl methyl sites for hydroxylation is 1. The van der Waals surface area contributed by atoms with Gasteiger partial charge in [0.15, 0.2) is 23.1 Å². The number of para-hydroxylation sites is 1. The van der Waals surface area contributed by atoms with Crippen LogP contribution in [0.2, 0.25) is 0 Å². The molecule has 14 heteroatoms. The molecule has 4 N–H and O–H groups in total. The van der Waals surface area contributed by atoms with Crippen LogP contribution in [0.15, 0.2) is 30.6 Å². The fraction of sp³-hybridized carbons (Fsp3) is 0.333. The van der Waals surface area contributed by atoms with Crippen molar-refractivity contribution < 1.29 is 23.1 Å². The second-order valence-electron chi connectivity index (χ2n) is 7.73. The van der Waals surface area contributed by atoms with Crippen molar-refractivity contribution in [2.45, 2.75) is 19.3 Å². The molecule has 0 radical (unpaired) electrons. The van der Waals surface area contributed by atoms with E-state index in [1.165, 1.54) is 13.2 Å². The second-order valence-corrected chi connectivity index (χ2v) is 7.73. The van der Waals surface area contributed by atoms with Crippen LogP contribution >= 0.6 is 0 Å². The number of hydrogen-bond donors (Lipinski definition) is 4. The SMILES string of the molecule is COc1c(Nc2cc(NC(=O)C3CC3)nnc2C(=O)NNCC(F)F)cccc1-c1ncn(C)n1. The number of hydrogen-bond acceptors (Lipinski definition) is 9. The number of methoxy groups -OCH3 is 1. The number of nitrogens with one attached hydrogen (secondary N) is 4. The molecular formula is C21H23F2N9O3. The average molecular weight is 487 g/mol. The number of aromatic nitrogens is 5. The van der Waals surface area contributed by atoms with Crippen LogP contribution in [-0.2, 0) is 11.8 Å². The van der Waals surface area contributed by atoms with E-state index < -0.39 is 18.9 Å². The highest BCUT2D eigenvalue weighted by Gasteiger charge is 2.30. The molecule has 1 fully saturated rings. The van der Waals surface area contributed by atoms with Crippen molar-refractivity contribution in [3.8, 4) is 17.1 Å². The van der Waals surface area contributed by atoms with Gasteiger partial charge in [-0.25, -0.2) is 19.2 Å². The molecule has 1 aromatic carbocycles. The number of carbonyl (C=O) groups is 2. The molecule has 0 atom stereocenters. The maximum absolute atomic E-state index is 12.6. The van der Waals surface area contributed by atoms with Crippen molar-refractivity contribution in [3.05, 3.63) is 36.3 Å². The minimum atomic E-state index is -2.66. The molecule has 0 saturated heterocycles. The highest BCUT2D eigenvalue weighted by atomic mass is 19.3. The summed E-state index contributed by atoms with van der Waals surface area (Å²) in [5, 5.41) is 17.8. The lowest BCUT2D eigenvalue weighted by Gasteiger charge is -2.16.